The predicted octanol–water partition coefficient (Wildman–Crippen LogP) is -3.39. The molecule has 59 heavy (non-hydrogen) atoms. The van der Waals surface area contributed by atoms with Gasteiger partial charge in [-0.15, -0.1) is 0 Å². The van der Waals surface area contributed by atoms with Gasteiger partial charge < -0.3 is 70.2 Å². The zero-order valence-corrected chi connectivity index (χ0v) is 33.8. The fraction of sp³-hybridized carbons (Fsp3) is 0.579. The van der Waals surface area contributed by atoms with Crippen molar-refractivity contribution in [3.63, 3.8) is 0 Å². The Hall–Kier alpha value is -5.96. The summed E-state index contributed by atoms with van der Waals surface area (Å²) in [6.45, 7) is 4.99. The molecule has 0 spiro atoms. The Balaban J connectivity index is 1.81. The SMILES string of the molecule is CC[C@H](C)[C@@H]1NC(=O)[C@H]([C@@H](C)O)NC(=O)[C@H]2C[C@H](N)CN2C(=O)[C@H](Cc2c[nH]c3ccccc23)NC(=O)[C@H](CCCN=C(N)N)NC(=O)[C@@H](CCCN=C(N)N)NC1=O. The summed E-state index contributed by atoms with van der Waals surface area (Å²) in [5.41, 5.74) is 29.8. The van der Waals surface area contributed by atoms with E-state index in [9.17, 15) is 33.9 Å². The summed E-state index contributed by atoms with van der Waals surface area (Å²) in [5.74, 6) is -5.27. The van der Waals surface area contributed by atoms with Crippen LogP contribution in [0.1, 0.15) is 64.9 Å². The molecule has 9 atom stereocenters. The van der Waals surface area contributed by atoms with Gasteiger partial charge in [0.2, 0.25) is 35.4 Å². The van der Waals surface area contributed by atoms with E-state index < -0.39 is 89.8 Å². The second-order valence-electron chi connectivity index (χ2n) is 15.2. The number of aromatic amines is 1. The Morgan fingerprint density at radius 1 is 0.780 bits per heavy atom. The summed E-state index contributed by atoms with van der Waals surface area (Å²) in [5, 5.41) is 25.1. The first-order valence-corrected chi connectivity index (χ1v) is 19.9. The van der Waals surface area contributed by atoms with Crippen LogP contribution in [0.5, 0.6) is 0 Å². The molecule has 17 N–H and O–H groups in total. The van der Waals surface area contributed by atoms with Crippen LogP contribution in [-0.2, 0) is 35.2 Å². The molecule has 0 saturated carbocycles. The Morgan fingerprint density at radius 3 is 1.90 bits per heavy atom. The number of hydrogen-bond acceptors (Lipinski definition) is 10. The summed E-state index contributed by atoms with van der Waals surface area (Å²) in [7, 11) is 0. The Bertz CT molecular complexity index is 1870. The van der Waals surface area contributed by atoms with Crippen LogP contribution in [0.2, 0.25) is 0 Å². The molecule has 2 aromatic rings. The van der Waals surface area contributed by atoms with Crippen LogP contribution in [-0.4, -0.2) is 130 Å². The van der Waals surface area contributed by atoms with Crippen molar-refractivity contribution < 1.29 is 33.9 Å². The van der Waals surface area contributed by atoms with Crippen molar-refractivity contribution >= 4 is 58.3 Å². The van der Waals surface area contributed by atoms with E-state index in [-0.39, 0.29) is 70.1 Å². The first-order valence-electron chi connectivity index (χ1n) is 19.9. The Labute approximate surface area is 342 Å². The van der Waals surface area contributed by atoms with Gasteiger partial charge >= 0.3 is 0 Å². The average Bonchev–Trinajstić information content (AvgIpc) is 3.79. The molecular weight excluding hydrogens is 765 g/mol. The van der Waals surface area contributed by atoms with Gasteiger partial charge in [-0.3, -0.25) is 38.8 Å². The number of H-pyrrole nitrogens is 1. The van der Waals surface area contributed by atoms with Crippen molar-refractivity contribution in [1.82, 2.24) is 36.5 Å². The number of aliphatic imine (C=N–C) groups is 2. The highest BCUT2D eigenvalue weighted by Gasteiger charge is 2.43. The summed E-state index contributed by atoms with van der Waals surface area (Å²) >= 11 is 0. The summed E-state index contributed by atoms with van der Waals surface area (Å²) in [6, 6.07) is -0.994. The van der Waals surface area contributed by atoms with Crippen molar-refractivity contribution in [3.05, 3.63) is 36.0 Å². The lowest BCUT2D eigenvalue weighted by molar-refractivity contribution is -0.143. The quantitative estimate of drug-likeness (QED) is 0.0535. The van der Waals surface area contributed by atoms with Crippen LogP contribution in [0.4, 0.5) is 0 Å². The number of para-hydroxylation sites is 1. The number of amides is 6. The number of aliphatic hydroxyl groups excluding tert-OH is 1. The van der Waals surface area contributed by atoms with E-state index in [0.29, 0.717) is 12.0 Å². The van der Waals surface area contributed by atoms with Crippen molar-refractivity contribution in [1.29, 1.82) is 0 Å². The van der Waals surface area contributed by atoms with Crippen LogP contribution >= 0.6 is 0 Å². The number of nitrogens with two attached hydrogens (primary N) is 5. The minimum atomic E-state index is -1.55. The zero-order valence-electron chi connectivity index (χ0n) is 33.8. The molecule has 2 aliphatic heterocycles. The smallest absolute Gasteiger partial charge is 0.246 e. The lowest BCUT2D eigenvalue weighted by Crippen LogP contribution is -2.63. The number of aliphatic hydroxyl groups is 1. The second-order valence-corrected chi connectivity index (χ2v) is 15.2. The molecule has 2 fully saturated rings. The van der Waals surface area contributed by atoms with Crippen molar-refractivity contribution in [3.8, 4) is 0 Å². The molecule has 4 rings (SSSR count). The number of carbonyl (C=O) groups is 6. The van der Waals surface area contributed by atoms with Crippen molar-refractivity contribution in [2.24, 2.45) is 44.6 Å². The fourth-order valence-electron chi connectivity index (χ4n) is 7.23. The highest BCUT2D eigenvalue weighted by molar-refractivity contribution is 5.99. The van der Waals surface area contributed by atoms with Gasteiger partial charge in [-0.2, -0.15) is 0 Å². The number of rotatable bonds is 13. The number of guanidine groups is 2. The minimum Gasteiger partial charge on any atom is -0.391 e. The molecule has 0 bridgehead atoms. The lowest BCUT2D eigenvalue weighted by Gasteiger charge is -2.32. The van der Waals surface area contributed by atoms with E-state index >= 15 is 0 Å². The maximum Gasteiger partial charge on any atom is 0.246 e. The molecule has 0 radical (unpaired) electrons. The summed E-state index contributed by atoms with van der Waals surface area (Å²) in [6.07, 6.45) is 1.19. The molecule has 3 heterocycles. The fourth-order valence-corrected chi connectivity index (χ4v) is 7.23. The van der Waals surface area contributed by atoms with Gasteiger partial charge in [-0.1, -0.05) is 38.5 Å². The number of nitrogens with zero attached hydrogens (tertiary/aromatic N) is 3. The summed E-state index contributed by atoms with van der Waals surface area (Å²) < 4.78 is 0. The van der Waals surface area contributed by atoms with Crippen LogP contribution in [0.15, 0.2) is 40.4 Å². The Kier molecular flexibility index (Phi) is 16.4. The van der Waals surface area contributed by atoms with Gasteiger partial charge in [0.05, 0.1) is 6.10 Å². The van der Waals surface area contributed by atoms with Gasteiger partial charge in [0.25, 0.3) is 0 Å². The molecule has 1 aromatic carbocycles. The number of hydrogen-bond donors (Lipinski definition) is 12. The highest BCUT2D eigenvalue weighted by atomic mass is 16.3. The van der Waals surface area contributed by atoms with Gasteiger partial charge in [0.1, 0.15) is 36.3 Å². The molecule has 1 aromatic heterocycles. The molecule has 0 aliphatic carbocycles. The molecular formula is C38H60N14O7. The normalized spacial score (nSPS) is 25.9. The van der Waals surface area contributed by atoms with E-state index in [1.54, 1.807) is 20.0 Å². The third-order valence-electron chi connectivity index (χ3n) is 10.6. The molecule has 21 nitrogen and oxygen atoms in total. The minimum absolute atomic E-state index is 0.0164. The van der Waals surface area contributed by atoms with Crippen LogP contribution in [0.25, 0.3) is 10.9 Å². The average molecular weight is 825 g/mol. The maximum absolute atomic E-state index is 14.7. The zero-order chi connectivity index (χ0) is 43.4. The third-order valence-corrected chi connectivity index (χ3v) is 10.6. The van der Waals surface area contributed by atoms with Gasteiger partial charge in [0.15, 0.2) is 11.9 Å². The second kappa shape index (κ2) is 21.2. The van der Waals surface area contributed by atoms with Crippen LogP contribution < -0.4 is 55.3 Å². The molecule has 6 amide bonds. The summed E-state index contributed by atoms with van der Waals surface area (Å²) in [4.78, 5) is 97.5. The number of nitrogens with one attached hydrogen (secondary N) is 6. The monoisotopic (exact) mass is 824 g/mol. The first kappa shape index (κ1) is 45.7. The first-order chi connectivity index (χ1) is 28.0. The van der Waals surface area contributed by atoms with Gasteiger partial charge in [-0.25, -0.2) is 0 Å². The lowest BCUT2D eigenvalue weighted by atomic mass is 9.96. The number of benzene rings is 1. The maximum atomic E-state index is 14.7. The van der Waals surface area contributed by atoms with E-state index in [2.05, 4.69) is 41.6 Å². The number of fused-ring (bicyclic) bond motifs is 2. The van der Waals surface area contributed by atoms with E-state index in [1.165, 1.54) is 11.8 Å². The van der Waals surface area contributed by atoms with E-state index in [4.69, 9.17) is 28.7 Å². The van der Waals surface area contributed by atoms with Crippen LogP contribution in [0.3, 0.4) is 0 Å². The van der Waals surface area contributed by atoms with E-state index in [1.807, 2.05) is 24.3 Å². The number of aromatic nitrogens is 1. The predicted molar refractivity (Wildman–Crippen MR) is 221 cm³/mol. The number of carbonyl (C=O) groups excluding carboxylic acids is 6. The van der Waals surface area contributed by atoms with E-state index in [0.717, 1.165) is 10.9 Å². The molecule has 324 valence electrons. The van der Waals surface area contributed by atoms with Gasteiger partial charge in [-0.05, 0) is 56.6 Å². The Morgan fingerprint density at radius 2 is 1.32 bits per heavy atom. The highest BCUT2D eigenvalue weighted by Crippen LogP contribution is 2.23. The molecule has 0 unspecified atom stereocenters. The third kappa shape index (κ3) is 12.5. The molecule has 2 aliphatic rings. The van der Waals surface area contributed by atoms with Crippen LogP contribution in [0, 0.1) is 5.92 Å². The topological polar surface area (TPSA) is 357 Å². The molecule has 2 saturated heterocycles. The standard InChI is InChI=1S/C38H60N14O7/c1-4-19(2)29-34(57)48-26(12-8-14-45-38(42)43)31(54)47-25(11-7-13-44-37(40)41)32(55)49-27(15-21-17-46-24-10-6-5-9-23(21)24)36(59)52-18-22(39)16-28(52)33(56)51-30(20(3)53)35(58)50-29/h5-6,9-10,17,19-20,22,25-30,46,53H,4,7-8,11-16,18,39H2,1-3H3,(H,47,54)(H,48,57)(H,49,55)(H,50,58)(H,51,56)(H4,40,41,44)(H4,42,43,45)/t19-,20+,22-,25-,26+,27-,28+,29-,30-/m0/s1. The van der Waals surface area contributed by atoms with Gasteiger partial charge in [0, 0.05) is 49.2 Å². The largest absolute Gasteiger partial charge is 0.391 e. The van der Waals surface area contributed by atoms with Crippen molar-refractivity contribution in [2.45, 2.75) is 114 Å². The molecule has 21 heteroatoms. The van der Waals surface area contributed by atoms with Crippen molar-refractivity contribution in [2.75, 3.05) is 19.6 Å².